The van der Waals surface area contributed by atoms with E-state index in [1.165, 1.54) is 28.0 Å². The maximum absolute atomic E-state index is 12.5. The number of fused-ring (bicyclic) bond motifs is 1. The van der Waals surface area contributed by atoms with Gasteiger partial charge in [0.25, 0.3) is 17.7 Å². The maximum atomic E-state index is 12.5. The number of nitrogens with zero attached hydrogens (tertiary/aromatic N) is 1. The summed E-state index contributed by atoms with van der Waals surface area (Å²) in [5, 5.41) is 2.73. The molecule has 0 aliphatic heterocycles. The van der Waals surface area contributed by atoms with Crippen molar-refractivity contribution < 1.29 is 14.4 Å². The molecule has 1 aromatic carbocycles. The van der Waals surface area contributed by atoms with Crippen LogP contribution in [0.15, 0.2) is 54.9 Å². The number of anilines is 1. The van der Waals surface area contributed by atoms with Gasteiger partial charge in [0.15, 0.2) is 0 Å². The molecular weight excluding hydrogens is 412 g/mol. The highest BCUT2D eigenvalue weighted by atomic mass is 32.1. The summed E-state index contributed by atoms with van der Waals surface area (Å²) in [6.07, 6.45) is 6.17. The molecule has 0 saturated heterocycles. The van der Waals surface area contributed by atoms with E-state index in [0.717, 1.165) is 19.3 Å². The summed E-state index contributed by atoms with van der Waals surface area (Å²) >= 11 is 1.48. The second-order valence-corrected chi connectivity index (χ2v) is 8.73. The van der Waals surface area contributed by atoms with Gasteiger partial charge < -0.3 is 5.32 Å². The Morgan fingerprint density at radius 2 is 1.81 bits per heavy atom. The SMILES string of the molecule is CC1CCc2sc(C(=O)NNC(=O)c3cccc(NC(=O)c4cccnc4)c3)cc2C1. The normalized spacial score (nSPS) is 14.9. The Hall–Kier alpha value is -3.52. The molecule has 8 heteroatoms. The van der Waals surface area contributed by atoms with Gasteiger partial charge in [0.05, 0.1) is 10.4 Å². The number of carbonyl (C=O) groups excluding carboxylic acids is 3. The number of nitrogens with one attached hydrogen (secondary N) is 3. The van der Waals surface area contributed by atoms with E-state index in [1.807, 2.05) is 6.07 Å². The van der Waals surface area contributed by atoms with E-state index >= 15 is 0 Å². The molecule has 1 atom stereocenters. The van der Waals surface area contributed by atoms with E-state index in [0.29, 0.717) is 27.6 Å². The summed E-state index contributed by atoms with van der Waals surface area (Å²) in [6, 6.07) is 11.7. The van der Waals surface area contributed by atoms with Crippen LogP contribution in [0, 0.1) is 5.92 Å². The molecule has 0 bridgehead atoms. The Morgan fingerprint density at radius 3 is 2.61 bits per heavy atom. The summed E-state index contributed by atoms with van der Waals surface area (Å²) in [5.74, 6) is -0.499. The summed E-state index contributed by atoms with van der Waals surface area (Å²) in [7, 11) is 0. The van der Waals surface area contributed by atoms with E-state index in [4.69, 9.17) is 0 Å². The zero-order valence-electron chi connectivity index (χ0n) is 17.0. The zero-order valence-corrected chi connectivity index (χ0v) is 17.8. The molecule has 0 saturated carbocycles. The van der Waals surface area contributed by atoms with Gasteiger partial charge in [0.2, 0.25) is 0 Å². The van der Waals surface area contributed by atoms with Crippen LogP contribution in [-0.2, 0) is 12.8 Å². The van der Waals surface area contributed by atoms with Crippen LogP contribution in [0.2, 0.25) is 0 Å². The van der Waals surface area contributed by atoms with Crippen LogP contribution in [0.4, 0.5) is 5.69 Å². The third-order valence-electron chi connectivity index (χ3n) is 5.15. The molecule has 3 amide bonds. The molecule has 3 aromatic rings. The van der Waals surface area contributed by atoms with Gasteiger partial charge in [-0.15, -0.1) is 11.3 Å². The topological polar surface area (TPSA) is 100 Å². The number of carbonyl (C=O) groups is 3. The second-order valence-electron chi connectivity index (χ2n) is 7.59. The van der Waals surface area contributed by atoms with Crippen LogP contribution in [-0.4, -0.2) is 22.7 Å². The molecule has 1 aliphatic rings. The number of hydrogen-bond donors (Lipinski definition) is 3. The summed E-state index contributed by atoms with van der Waals surface area (Å²) in [5.41, 5.74) is 7.35. The van der Waals surface area contributed by atoms with Crippen LogP contribution in [0.1, 0.15) is 54.2 Å². The molecule has 31 heavy (non-hydrogen) atoms. The highest BCUT2D eigenvalue weighted by molar-refractivity contribution is 7.14. The summed E-state index contributed by atoms with van der Waals surface area (Å²) in [6.45, 7) is 2.22. The van der Waals surface area contributed by atoms with Crippen molar-refractivity contribution in [2.45, 2.75) is 26.2 Å². The fourth-order valence-electron chi connectivity index (χ4n) is 3.50. The van der Waals surface area contributed by atoms with E-state index < -0.39 is 5.91 Å². The second kappa shape index (κ2) is 9.09. The molecule has 4 rings (SSSR count). The molecule has 0 radical (unpaired) electrons. The van der Waals surface area contributed by atoms with Crippen molar-refractivity contribution in [1.29, 1.82) is 0 Å². The molecule has 1 aliphatic carbocycles. The smallest absolute Gasteiger partial charge is 0.279 e. The lowest BCUT2D eigenvalue weighted by atomic mass is 9.90. The fourth-order valence-corrected chi connectivity index (χ4v) is 4.61. The first-order valence-corrected chi connectivity index (χ1v) is 10.8. The lowest BCUT2D eigenvalue weighted by Gasteiger charge is -2.16. The van der Waals surface area contributed by atoms with Crippen LogP contribution < -0.4 is 16.2 Å². The number of aromatic nitrogens is 1. The predicted molar refractivity (Wildman–Crippen MR) is 119 cm³/mol. The number of hydrazine groups is 1. The minimum atomic E-state index is -0.472. The lowest BCUT2D eigenvalue weighted by Crippen LogP contribution is -2.41. The Morgan fingerprint density at radius 1 is 1.00 bits per heavy atom. The van der Waals surface area contributed by atoms with Crippen LogP contribution >= 0.6 is 11.3 Å². The van der Waals surface area contributed by atoms with Gasteiger partial charge in [0, 0.05) is 28.5 Å². The van der Waals surface area contributed by atoms with Gasteiger partial charge in [-0.1, -0.05) is 13.0 Å². The van der Waals surface area contributed by atoms with E-state index in [1.54, 1.807) is 42.6 Å². The number of aryl methyl sites for hydroxylation is 1. The van der Waals surface area contributed by atoms with Gasteiger partial charge in [0.1, 0.15) is 0 Å². The van der Waals surface area contributed by atoms with E-state index in [9.17, 15) is 14.4 Å². The quantitative estimate of drug-likeness (QED) is 0.546. The van der Waals surface area contributed by atoms with Gasteiger partial charge in [-0.2, -0.15) is 0 Å². The Labute approximate surface area is 183 Å². The van der Waals surface area contributed by atoms with Crippen molar-refractivity contribution >= 4 is 34.7 Å². The first-order valence-electron chi connectivity index (χ1n) is 10.0. The average molecular weight is 435 g/mol. The number of amides is 3. The fraction of sp³-hybridized carbons (Fsp3) is 0.217. The maximum Gasteiger partial charge on any atom is 0.279 e. The standard InChI is InChI=1S/C23H22N4O3S/c1-14-7-8-19-17(10-14)12-20(31-19)23(30)27-26-22(29)15-4-2-6-18(11-15)25-21(28)16-5-3-9-24-13-16/h2-6,9,11-14H,7-8,10H2,1H3,(H,25,28)(H,26,29)(H,27,30). The van der Waals surface area contributed by atoms with Gasteiger partial charge >= 0.3 is 0 Å². The molecule has 0 spiro atoms. The van der Waals surface area contributed by atoms with Gasteiger partial charge in [-0.05, 0) is 67.1 Å². The third-order valence-corrected chi connectivity index (χ3v) is 6.38. The van der Waals surface area contributed by atoms with Crippen molar-refractivity contribution in [2.24, 2.45) is 5.92 Å². The monoisotopic (exact) mass is 434 g/mol. The number of benzene rings is 1. The van der Waals surface area contributed by atoms with E-state index in [-0.39, 0.29) is 11.8 Å². The van der Waals surface area contributed by atoms with Gasteiger partial charge in [-0.25, -0.2) is 0 Å². The number of hydrogen-bond acceptors (Lipinski definition) is 5. The minimum absolute atomic E-state index is 0.309. The zero-order chi connectivity index (χ0) is 21.8. The van der Waals surface area contributed by atoms with E-state index in [2.05, 4.69) is 28.1 Å². The first kappa shape index (κ1) is 20.7. The molecule has 2 aromatic heterocycles. The molecule has 1 unspecified atom stereocenters. The molecule has 158 valence electrons. The highest BCUT2D eigenvalue weighted by Crippen LogP contribution is 2.32. The summed E-state index contributed by atoms with van der Waals surface area (Å²) < 4.78 is 0. The summed E-state index contributed by atoms with van der Waals surface area (Å²) in [4.78, 5) is 43.0. The molecular formula is C23H22N4O3S. The Bertz CT molecular complexity index is 1130. The number of rotatable bonds is 4. The molecule has 2 heterocycles. The number of pyridine rings is 1. The van der Waals surface area contributed by atoms with Crippen molar-refractivity contribution in [1.82, 2.24) is 15.8 Å². The van der Waals surface area contributed by atoms with Crippen LogP contribution in [0.5, 0.6) is 0 Å². The third kappa shape index (κ3) is 4.97. The minimum Gasteiger partial charge on any atom is -0.322 e. The predicted octanol–water partition coefficient (Wildman–Crippen LogP) is 3.60. The molecule has 0 fully saturated rings. The van der Waals surface area contributed by atoms with Crippen molar-refractivity contribution in [3.05, 3.63) is 81.3 Å². The van der Waals surface area contributed by atoms with Crippen LogP contribution in [0.25, 0.3) is 0 Å². The van der Waals surface area contributed by atoms with Crippen molar-refractivity contribution in [3.8, 4) is 0 Å². The Balaban J connectivity index is 1.36. The average Bonchev–Trinajstić information content (AvgIpc) is 3.21. The Kier molecular flexibility index (Phi) is 6.08. The van der Waals surface area contributed by atoms with Crippen molar-refractivity contribution in [3.63, 3.8) is 0 Å². The highest BCUT2D eigenvalue weighted by Gasteiger charge is 2.21. The lowest BCUT2D eigenvalue weighted by molar-refractivity contribution is 0.0849. The molecule has 7 nitrogen and oxygen atoms in total. The number of thiophene rings is 1. The van der Waals surface area contributed by atoms with Crippen molar-refractivity contribution in [2.75, 3.05) is 5.32 Å². The first-order chi connectivity index (χ1) is 15.0. The van der Waals surface area contributed by atoms with Gasteiger partial charge in [-0.3, -0.25) is 30.2 Å². The largest absolute Gasteiger partial charge is 0.322 e. The van der Waals surface area contributed by atoms with Crippen LogP contribution in [0.3, 0.4) is 0 Å². The molecule has 3 N–H and O–H groups in total.